The van der Waals surface area contributed by atoms with Crippen LogP contribution in [0.5, 0.6) is 0 Å². The van der Waals surface area contributed by atoms with Crippen LogP contribution in [-0.4, -0.2) is 5.78 Å². The summed E-state index contributed by atoms with van der Waals surface area (Å²) in [7, 11) is 0. The molecule has 30 heavy (non-hydrogen) atoms. The summed E-state index contributed by atoms with van der Waals surface area (Å²) in [5, 5.41) is 8.22. The number of hydrogen-bond donors (Lipinski definition) is 2. The number of Topliss-reactive ketones (excluding diaryl/α,β-unsaturated/α-hetero) is 1. The second-order valence-electron chi connectivity index (χ2n) is 7.75. The van der Waals surface area contributed by atoms with Gasteiger partial charge in [0.2, 0.25) is 0 Å². The normalized spacial score (nSPS) is 20.5. The van der Waals surface area contributed by atoms with Crippen molar-refractivity contribution in [3.63, 3.8) is 0 Å². The van der Waals surface area contributed by atoms with Crippen molar-refractivity contribution in [1.82, 2.24) is 0 Å². The first kappa shape index (κ1) is 19.2. The van der Waals surface area contributed by atoms with Crippen LogP contribution in [0.25, 0.3) is 0 Å². The molecule has 1 heterocycles. The molecule has 0 radical (unpaired) electrons. The molecule has 3 aromatic carbocycles. The fraction of sp³-hybridized carbons (Fsp3) is 0.160. The molecule has 0 unspecified atom stereocenters. The Hall–Kier alpha value is -2.75. The number of anilines is 2. The molecule has 2 aliphatic rings. The predicted octanol–water partition coefficient (Wildman–Crippen LogP) is 6.97. The van der Waals surface area contributed by atoms with E-state index in [9.17, 15) is 4.79 Å². The maximum absolute atomic E-state index is 13.5. The Labute approximate surface area is 185 Å². The van der Waals surface area contributed by atoms with E-state index in [2.05, 4.69) is 22.8 Å². The lowest BCUT2D eigenvalue weighted by Gasteiger charge is -2.30. The van der Waals surface area contributed by atoms with Crippen molar-refractivity contribution in [3.05, 3.63) is 105 Å². The molecule has 150 valence electrons. The molecule has 0 aromatic heterocycles. The molecular weight excluding hydrogens is 415 g/mol. The molecule has 0 bridgehead atoms. The molecule has 0 saturated carbocycles. The van der Waals surface area contributed by atoms with E-state index in [0.717, 1.165) is 34.6 Å². The van der Waals surface area contributed by atoms with E-state index >= 15 is 0 Å². The number of fused-ring (bicyclic) bond motifs is 1. The van der Waals surface area contributed by atoms with Crippen LogP contribution in [0, 0.1) is 0 Å². The van der Waals surface area contributed by atoms with Crippen LogP contribution in [0.2, 0.25) is 10.0 Å². The molecule has 5 heteroatoms. The maximum Gasteiger partial charge on any atom is 0.163 e. The van der Waals surface area contributed by atoms with Crippen molar-refractivity contribution < 1.29 is 4.79 Å². The topological polar surface area (TPSA) is 41.1 Å². The van der Waals surface area contributed by atoms with E-state index in [1.165, 1.54) is 5.56 Å². The lowest BCUT2D eigenvalue weighted by atomic mass is 9.78. The largest absolute Gasteiger partial charge is 0.372 e. The first-order valence-corrected chi connectivity index (χ1v) is 10.7. The van der Waals surface area contributed by atoms with Crippen LogP contribution in [0.15, 0.2) is 84.1 Å². The Balaban J connectivity index is 1.64. The van der Waals surface area contributed by atoms with Crippen molar-refractivity contribution in [1.29, 1.82) is 0 Å². The minimum atomic E-state index is -0.342. The van der Waals surface area contributed by atoms with Gasteiger partial charge in [-0.2, -0.15) is 0 Å². The SMILES string of the molecule is O=C1C[C@H](c2ccccc2)CC2=C1[C@H](c1ccc(Cl)cc1Cl)Nc1ccccc1N2. The molecular formula is C25H20Cl2N2O. The number of rotatable bonds is 2. The summed E-state index contributed by atoms with van der Waals surface area (Å²) in [5.74, 6) is 0.283. The smallest absolute Gasteiger partial charge is 0.163 e. The predicted molar refractivity (Wildman–Crippen MR) is 123 cm³/mol. The van der Waals surface area contributed by atoms with Crippen molar-refractivity contribution >= 4 is 40.4 Å². The molecule has 0 spiro atoms. The van der Waals surface area contributed by atoms with E-state index in [-0.39, 0.29) is 17.7 Å². The summed E-state index contributed by atoms with van der Waals surface area (Å²) < 4.78 is 0. The van der Waals surface area contributed by atoms with Gasteiger partial charge in [0.25, 0.3) is 0 Å². The Morgan fingerprint density at radius 3 is 2.33 bits per heavy atom. The fourth-order valence-corrected chi connectivity index (χ4v) is 4.94. The summed E-state index contributed by atoms with van der Waals surface area (Å²) in [5.41, 5.74) is 5.63. The van der Waals surface area contributed by atoms with Gasteiger partial charge in [0.1, 0.15) is 0 Å². The number of allylic oxidation sites excluding steroid dienone is 1. The highest BCUT2D eigenvalue weighted by Crippen LogP contribution is 2.45. The van der Waals surface area contributed by atoms with E-state index in [4.69, 9.17) is 23.2 Å². The van der Waals surface area contributed by atoms with Crippen molar-refractivity contribution in [2.24, 2.45) is 0 Å². The zero-order chi connectivity index (χ0) is 20.7. The Morgan fingerprint density at radius 1 is 0.833 bits per heavy atom. The molecule has 3 nitrogen and oxygen atoms in total. The second-order valence-corrected chi connectivity index (χ2v) is 8.59. The van der Waals surface area contributed by atoms with Gasteiger partial charge in [0, 0.05) is 27.7 Å². The molecule has 5 rings (SSSR count). The van der Waals surface area contributed by atoms with E-state index in [0.29, 0.717) is 16.5 Å². The Morgan fingerprint density at radius 2 is 1.57 bits per heavy atom. The third kappa shape index (κ3) is 3.49. The minimum Gasteiger partial charge on any atom is -0.372 e. The minimum absolute atomic E-state index is 0.133. The number of nitrogens with one attached hydrogen (secondary N) is 2. The van der Waals surface area contributed by atoms with E-state index in [1.807, 2.05) is 54.6 Å². The van der Waals surface area contributed by atoms with Crippen molar-refractivity contribution in [3.8, 4) is 0 Å². The molecule has 0 fully saturated rings. The summed E-state index contributed by atoms with van der Waals surface area (Å²) in [6.07, 6.45) is 1.24. The number of halogens is 2. The average Bonchev–Trinajstić information content (AvgIpc) is 2.91. The molecule has 0 saturated heterocycles. The first-order valence-electron chi connectivity index (χ1n) is 9.99. The number of ketones is 1. The van der Waals surface area contributed by atoms with Crippen LogP contribution < -0.4 is 10.6 Å². The van der Waals surface area contributed by atoms with Crippen LogP contribution >= 0.6 is 23.2 Å². The highest BCUT2D eigenvalue weighted by atomic mass is 35.5. The second kappa shape index (κ2) is 7.82. The fourth-order valence-electron chi connectivity index (χ4n) is 4.42. The van der Waals surface area contributed by atoms with Gasteiger partial charge in [0.05, 0.1) is 17.4 Å². The van der Waals surface area contributed by atoms with Gasteiger partial charge in [-0.05, 0) is 47.7 Å². The third-order valence-electron chi connectivity index (χ3n) is 5.85. The number of para-hydroxylation sites is 2. The lowest BCUT2D eigenvalue weighted by Crippen LogP contribution is -2.27. The van der Waals surface area contributed by atoms with Gasteiger partial charge in [-0.15, -0.1) is 0 Å². The highest BCUT2D eigenvalue weighted by molar-refractivity contribution is 6.35. The Kier molecular flexibility index (Phi) is 5.01. The number of carbonyl (C=O) groups excluding carboxylic acids is 1. The van der Waals surface area contributed by atoms with E-state index in [1.54, 1.807) is 6.07 Å². The molecule has 3 aromatic rings. The first-order chi connectivity index (χ1) is 14.6. The van der Waals surface area contributed by atoms with Gasteiger partial charge in [-0.3, -0.25) is 4.79 Å². The van der Waals surface area contributed by atoms with Gasteiger partial charge in [0.15, 0.2) is 5.78 Å². The lowest BCUT2D eigenvalue weighted by molar-refractivity contribution is -0.116. The number of carbonyl (C=O) groups is 1. The molecule has 1 aliphatic carbocycles. The zero-order valence-electron chi connectivity index (χ0n) is 16.2. The summed E-state index contributed by atoms with van der Waals surface area (Å²) >= 11 is 12.7. The van der Waals surface area contributed by atoms with Crippen molar-refractivity contribution in [2.45, 2.75) is 24.8 Å². The van der Waals surface area contributed by atoms with Crippen LogP contribution in [0.4, 0.5) is 11.4 Å². The molecule has 2 atom stereocenters. The van der Waals surface area contributed by atoms with Crippen molar-refractivity contribution in [2.75, 3.05) is 10.6 Å². The zero-order valence-corrected chi connectivity index (χ0v) is 17.7. The summed E-state index contributed by atoms with van der Waals surface area (Å²) in [4.78, 5) is 13.5. The third-order valence-corrected chi connectivity index (χ3v) is 6.42. The van der Waals surface area contributed by atoms with Crippen LogP contribution in [0.3, 0.4) is 0 Å². The molecule has 0 amide bonds. The van der Waals surface area contributed by atoms with Gasteiger partial charge < -0.3 is 10.6 Å². The van der Waals surface area contributed by atoms with Crippen LogP contribution in [0.1, 0.15) is 35.9 Å². The quantitative estimate of drug-likeness (QED) is 0.457. The Bertz CT molecular complexity index is 1160. The van der Waals surface area contributed by atoms with Gasteiger partial charge in [-0.25, -0.2) is 0 Å². The number of benzene rings is 3. The molecule has 2 N–H and O–H groups in total. The monoisotopic (exact) mass is 434 g/mol. The highest BCUT2D eigenvalue weighted by Gasteiger charge is 2.36. The van der Waals surface area contributed by atoms with E-state index < -0.39 is 0 Å². The summed E-state index contributed by atoms with van der Waals surface area (Å²) in [6.45, 7) is 0. The average molecular weight is 435 g/mol. The number of hydrogen-bond acceptors (Lipinski definition) is 3. The molecule has 1 aliphatic heterocycles. The standard InChI is InChI=1S/C25H20Cl2N2O/c26-17-10-11-18(19(27)14-17)25-24-22(28-20-8-4-5-9-21(20)29-25)12-16(13-23(24)30)15-6-2-1-3-7-15/h1-11,14,16,25,28-29H,12-13H2/t16-,25+/m1/s1. The maximum atomic E-state index is 13.5. The van der Waals surface area contributed by atoms with Crippen LogP contribution in [-0.2, 0) is 4.79 Å². The van der Waals surface area contributed by atoms with Gasteiger partial charge >= 0.3 is 0 Å². The summed E-state index contributed by atoms with van der Waals surface area (Å²) in [6, 6.07) is 23.3. The van der Waals surface area contributed by atoms with Gasteiger partial charge in [-0.1, -0.05) is 71.7 Å².